The lowest BCUT2D eigenvalue weighted by molar-refractivity contribution is -0.133. The first-order valence-corrected chi connectivity index (χ1v) is 7.76. The normalized spacial score (nSPS) is 21.8. The van der Waals surface area contributed by atoms with Gasteiger partial charge in [0.05, 0.1) is 6.54 Å². The van der Waals surface area contributed by atoms with Crippen LogP contribution in [0.15, 0.2) is 0 Å². The van der Waals surface area contributed by atoms with E-state index in [1.54, 1.807) is 4.90 Å². The molecule has 2 aliphatic rings. The van der Waals surface area contributed by atoms with Crippen molar-refractivity contribution in [3.8, 4) is 0 Å². The summed E-state index contributed by atoms with van der Waals surface area (Å²) in [5.74, 6) is 0.706. The highest BCUT2D eigenvalue weighted by atomic mass is 16.2. The fraction of sp³-hybridized carbons (Fsp3) is 0.867. The van der Waals surface area contributed by atoms with Gasteiger partial charge in [-0.2, -0.15) is 0 Å². The highest BCUT2D eigenvalue weighted by Gasteiger charge is 2.43. The smallest absolute Gasteiger partial charge is 0.239 e. The molecule has 2 fully saturated rings. The van der Waals surface area contributed by atoms with Gasteiger partial charge in [0.15, 0.2) is 0 Å². The Labute approximate surface area is 121 Å². The van der Waals surface area contributed by atoms with Crippen LogP contribution < -0.4 is 10.6 Å². The molecule has 2 amide bonds. The summed E-state index contributed by atoms with van der Waals surface area (Å²) in [4.78, 5) is 25.7. The van der Waals surface area contributed by atoms with Crippen molar-refractivity contribution in [2.75, 3.05) is 32.7 Å². The lowest BCUT2D eigenvalue weighted by atomic mass is 9.78. The summed E-state index contributed by atoms with van der Waals surface area (Å²) in [6.07, 6.45) is 3.69. The van der Waals surface area contributed by atoms with Crippen molar-refractivity contribution in [2.24, 2.45) is 11.3 Å². The predicted molar refractivity (Wildman–Crippen MR) is 78.2 cm³/mol. The molecule has 2 saturated heterocycles. The van der Waals surface area contributed by atoms with Crippen molar-refractivity contribution in [3.05, 3.63) is 0 Å². The average molecular weight is 281 g/mol. The van der Waals surface area contributed by atoms with Gasteiger partial charge in [-0.15, -0.1) is 0 Å². The molecule has 0 atom stereocenters. The maximum absolute atomic E-state index is 12.1. The number of hydrogen-bond donors (Lipinski definition) is 2. The quantitative estimate of drug-likeness (QED) is 0.782. The van der Waals surface area contributed by atoms with E-state index in [4.69, 9.17) is 0 Å². The van der Waals surface area contributed by atoms with Crippen molar-refractivity contribution >= 4 is 11.8 Å². The van der Waals surface area contributed by atoms with Crippen molar-refractivity contribution in [3.63, 3.8) is 0 Å². The minimum absolute atomic E-state index is 0.0232. The molecular weight excluding hydrogens is 254 g/mol. The van der Waals surface area contributed by atoms with E-state index in [0.29, 0.717) is 18.9 Å². The number of likely N-dealkylation sites (tertiary alicyclic amines) is 1. The number of amides is 2. The first-order chi connectivity index (χ1) is 9.51. The third kappa shape index (κ3) is 3.95. The van der Waals surface area contributed by atoms with Crippen LogP contribution in [0.3, 0.4) is 0 Å². The van der Waals surface area contributed by atoms with E-state index in [9.17, 15) is 9.59 Å². The van der Waals surface area contributed by atoms with Gasteiger partial charge in [0.25, 0.3) is 0 Å². The third-order valence-corrected chi connectivity index (χ3v) is 4.45. The first kappa shape index (κ1) is 15.3. The number of hydrogen-bond acceptors (Lipinski definition) is 3. The molecule has 5 heteroatoms. The molecule has 0 aromatic heterocycles. The summed E-state index contributed by atoms with van der Waals surface area (Å²) in [5, 5.41) is 6.24. The predicted octanol–water partition coefficient (Wildman–Crippen LogP) is 0.751. The fourth-order valence-electron chi connectivity index (χ4n) is 3.15. The van der Waals surface area contributed by atoms with Crippen LogP contribution in [0.5, 0.6) is 0 Å². The maximum atomic E-state index is 12.1. The van der Waals surface area contributed by atoms with E-state index in [0.717, 1.165) is 38.9 Å². The van der Waals surface area contributed by atoms with Crippen LogP contribution in [0, 0.1) is 11.3 Å². The number of nitrogens with zero attached hydrogens (tertiary/aromatic N) is 1. The van der Waals surface area contributed by atoms with Crippen LogP contribution in [0.2, 0.25) is 0 Å². The minimum Gasteiger partial charge on any atom is -0.355 e. The van der Waals surface area contributed by atoms with Crippen molar-refractivity contribution in [2.45, 2.75) is 39.5 Å². The Kier molecular flexibility index (Phi) is 5.02. The number of carbonyl (C=O) groups excluding carboxylic acids is 2. The van der Waals surface area contributed by atoms with Gasteiger partial charge < -0.3 is 15.5 Å². The van der Waals surface area contributed by atoms with E-state index in [2.05, 4.69) is 24.5 Å². The number of piperidine rings is 1. The van der Waals surface area contributed by atoms with E-state index in [1.165, 1.54) is 0 Å². The topological polar surface area (TPSA) is 61.4 Å². The molecule has 114 valence electrons. The lowest BCUT2D eigenvalue weighted by Crippen LogP contribution is -2.41. The summed E-state index contributed by atoms with van der Waals surface area (Å²) in [6.45, 7) is 7.93. The van der Waals surface area contributed by atoms with Crippen molar-refractivity contribution in [1.29, 1.82) is 0 Å². The highest BCUT2D eigenvalue weighted by molar-refractivity contribution is 5.86. The molecule has 0 radical (unpaired) electrons. The largest absolute Gasteiger partial charge is 0.355 e. The lowest BCUT2D eigenvalue weighted by Gasteiger charge is -2.32. The Morgan fingerprint density at radius 2 is 2.10 bits per heavy atom. The summed E-state index contributed by atoms with van der Waals surface area (Å²) >= 11 is 0. The van der Waals surface area contributed by atoms with Gasteiger partial charge in [-0.1, -0.05) is 13.8 Å². The van der Waals surface area contributed by atoms with Crippen LogP contribution in [0.25, 0.3) is 0 Å². The molecule has 20 heavy (non-hydrogen) atoms. The SMILES string of the molecule is CC(C)CCNC(=O)CN1CC2(CCNCC2)CC1=O. The molecule has 2 heterocycles. The maximum Gasteiger partial charge on any atom is 0.239 e. The van der Waals surface area contributed by atoms with Gasteiger partial charge >= 0.3 is 0 Å². The Morgan fingerprint density at radius 3 is 2.75 bits per heavy atom. The highest BCUT2D eigenvalue weighted by Crippen LogP contribution is 2.39. The Morgan fingerprint density at radius 1 is 1.40 bits per heavy atom. The molecule has 5 nitrogen and oxygen atoms in total. The molecular formula is C15H27N3O2. The van der Waals surface area contributed by atoms with Gasteiger partial charge in [0.2, 0.25) is 11.8 Å². The minimum atomic E-state index is -0.0232. The molecule has 0 aromatic carbocycles. The van der Waals surface area contributed by atoms with Crippen LogP contribution in [0.4, 0.5) is 0 Å². The second-order valence-corrected chi connectivity index (χ2v) is 6.71. The van der Waals surface area contributed by atoms with Gasteiger partial charge in [-0.3, -0.25) is 9.59 Å². The zero-order valence-corrected chi connectivity index (χ0v) is 12.7. The Bertz CT molecular complexity index is 362. The van der Waals surface area contributed by atoms with E-state index >= 15 is 0 Å². The summed E-state index contributed by atoms with van der Waals surface area (Å²) in [6, 6.07) is 0. The summed E-state index contributed by atoms with van der Waals surface area (Å²) in [5.41, 5.74) is 0.126. The molecule has 0 aromatic rings. The fourth-order valence-corrected chi connectivity index (χ4v) is 3.15. The number of rotatable bonds is 5. The van der Waals surface area contributed by atoms with Gasteiger partial charge in [-0.05, 0) is 43.7 Å². The number of nitrogens with one attached hydrogen (secondary N) is 2. The van der Waals surface area contributed by atoms with Gasteiger partial charge in [-0.25, -0.2) is 0 Å². The summed E-state index contributed by atoms with van der Waals surface area (Å²) < 4.78 is 0. The van der Waals surface area contributed by atoms with E-state index in [-0.39, 0.29) is 23.8 Å². The van der Waals surface area contributed by atoms with Crippen LogP contribution in [-0.4, -0.2) is 49.4 Å². The standard InChI is InChI=1S/C15H27N3O2/c1-12(2)3-6-17-13(19)10-18-11-15(9-14(18)20)4-7-16-8-5-15/h12,16H,3-11H2,1-2H3,(H,17,19). The third-order valence-electron chi connectivity index (χ3n) is 4.45. The molecule has 1 spiro atoms. The molecule has 0 unspecified atom stereocenters. The zero-order valence-electron chi connectivity index (χ0n) is 12.7. The monoisotopic (exact) mass is 281 g/mol. The average Bonchev–Trinajstić information content (AvgIpc) is 2.65. The molecule has 0 saturated carbocycles. The van der Waals surface area contributed by atoms with Gasteiger partial charge in [0, 0.05) is 19.5 Å². The van der Waals surface area contributed by atoms with E-state index in [1.807, 2.05) is 0 Å². The first-order valence-electron chi connectivity index (χ1n) is 7.76. The van der Waals surface area contributed by atoms with Crippen molar-refractivity contribution in [1.82, 2.24) is 15.5 Å². The second-order valence-electron chi connectivity index (χ2n) is 6.71. The van der Waals surface area contributed by atoms with Crippen LogP contribution >= 0.6 is 0 Å². The second kappa shape index (κ2) is 6.57. The molecule has 2 N–H and O–H groups in total. The van der Waals surface area contributed by atoms with Crippen molar-refractivity contribution < 1.29 is 9.59 Å². The Hall–Kier alpha value is -1.10. The summed E-state index contributed by atoms with van der Waals surface area (Å²) in [7, 11) is 0. The van der Waals surface area contributed by atoms with E-state index < -0.39 is 0 Å². The van der Waals surface area contributed by atoms with Gasteiger partial charge in [0.1, 0.15) is 0 Å². The molecule has 0 bridgehead atoms. The molecule has 2 aliphatic heterocycles. The van der Waals surface area contributed by atoms with Crippen LogP contribution in [-0.2, 0) is 9.59 Å². The van der Waals surface area contributed by atoms with Crippen LogP contribution in [0.1, 0.15) is 39.5 Å². The molecule has 2 rings (SSSR count). The molecule has 0 aliphatic carbocycles. The number of carbonyl (C=O) groups is 2. The zero-order chi connectivity index (χ0) is 14.6. The Balaban J connectivity index is 1.78.